The number of hydrogen-bond donors (Lipinski definition) is 2. The number of halogens is 3. The molecule has 1 aliphatic heterocycles. The van der Waals surface area contributed by atoms with E-state index in [0.29, 0.717) is 4.31 Å². The summed E-state index contributed by atoms with van der Waals surface area (Å²) in [7, 11) is -8.02. The Morgan fingerprint density at radius 2 is 1.82 bits per heavy atom. The van der Waals surface area contributed by atoms with E-state index in [2.05, 4.69) is 4.74 Å². The zero-order valence-electron chi connectivity index (χ0n) is 17.6. The number of methoxy groups -OCH3 is 1. The molecule has 2 aromatic carbocycles. The number of aliphatic hydroxyl groups is 2. The molecule has 0 unspecified atom stereocenters. The first-order chi connectivity index (χ1) is 15.8. The van der Waals surface area contributed by atoms with Crippen molar-refractivity contribution in [1.82, 2.24) is 4.31 Å². The van der Waals surface area contributed by atoms with Crippen LogP contribution in [0.3, 0.4) is 0 Å². The molecule has 186 valence electrons. The maximum Gasteiger partial charge on any atom is 0.337 e. The van der Waals surface area contributed by atoms with Gasteiger partial charge in [-0.2, -0.15) is 4.31 Å². The van der Waals surface area contributed by atoms with Crippen LogP contribution in [0.25, 0.3) is 0 Å². The third-order valence-corrected chi connectivity index (χ3v) is 9.88. The molecule has 1 heterocycles. The zero-order chi connectivity index (χ0) is 25.5. The van der Waals surface area contributed by atoms with Crippen molar-refractivity contribution in [3.8, 4) is 0 Å². The molecule has 3 rings (SSSR count). The van der Waals surface area contributed by atoms with Crippen molar-refractivity contribution in [2.24, 2.45) is 0 Å². The lowest BCUT2D eigenvalue weighted by Crippen LogP contribution is -2.49. The fraction of sp³-hybridized carbons (Fsp3) is 0.350. The second kappa shape index (κ2) is 9.47. The van der Waals surface area contributed by atoms with Crippen molar-refractivity contribution in [2.45, 2.75) is 27.1 Å². The molecule has 34 heavy (non-hydrogen) atoms. The van der Waals surface area contributed by atoms with E-state index in [1.54, 1.807) is 0 Å². The second-order valence-corrected chi connectivity index (χ2v) is 12.1. The number of sulfone groups is 1. The highest BCUT2D eigenvalue weighted by Gasteiger charge is 2.55. The predicted molar refractivity (Wildman–Crippen MR) is 116 cm³/mol. The number of hydrogen-bond acceptors (Lipinski definition) is 8. The van der Waals surface area contributed by atoms with Gasteiger partial charge in [-0.3, -0.25) is 0 Å². The number of ether oxygens (including phenoxy) is 1. The number of carbonyl (C=O) groups is 1. The fourth-order valence-corrected chi connectivity index (χ4v) is 7.60. The van der Waals surface area contributed by atoms with Gasteiger partial charge in [0, 0.05) is 23.7 Å². The van der Waals surface area contributed by atoms with E-state index in [4.69, 9.17) is 11.6 Å². The van der Waals surface area contributed by atoms with Gasteiger partial charge in [0.05, 0.1) is 29.1 Å². The van der Waals surface area contributed by atoms with E-state index in [9.17, 15) is 40.6 Å². The van der Waals surface area contributed by atoms with Crippen molar-refractivity contribution in [3.05, 3.63) is 58.6 Å². The van der Waals surface area contributed by atoms with E-state index in [1.165, 1.54) is 12.1 Å². The Labute approximate surface area is 199 Å². The lowest BCUT2D eigenvalue weighted by atomic mass is 10.1. The predicted octanol–water partition coefficient (Wildman–Crippen LogP) is 1.63. The Morgan fingerprint density at radius 1 is 1.21 bits per heavy atom. The molecule has 0 saturated carbocycles. The van der Waals surface area contributed by atoms with Crippen LogP contribution in [0.2, 0.25) is 5.02 Å². The summed E-state index contributed by atoms with van der Waals surface area (Å²) in [6, 6.07) is 7.22. The average Bonchev–Trinajstić information content (AvgIpc) is 3.18. The van der Waals surface area contributed by atoms with Crippen LogP contribution >= 0.6 is 11.6 Å². The number of carbonyl (C=O) groups excluding carboxylic acids is 1. The Morgan fingerprint density at radius 3 is 2.35 bits per heavy atom. The molecule has 0 spiro atoms. The Bertz CT molecular complexity index is 1300. The van der Waals surface area contributed by atoms with Crippen molar-refractivity contribution < 1.29 is 45.4 Å². The highest BCUT2D eigenvalue weighted by atomic mass is 35.5. The van der Waals surface area contributed by atoms with Crippen LogP contribution in [0.4, 0.5) is 8.78 Å². The summed E-state index contributed by atoms with van der Waals surface area (Å²) < 4.78 is 84.8. The van der Waals surface area contributed by atoms with Gasteiger partial charge in [0.15, 0.2) is 9.84 Å². The van der Waals surface area contributed by atoms with E-state index in [-0.39, 0.29) is 15.5 Å². The van der Waals surface area contributed by atoms with Crippen LogP contribution < -0.4 is 0 Å². The van der Waals surface area contributed by atoms with Gasteiger partial charge in [0.25, 0.3) is 6.43 Å². The maximum absolute atomic E-state index is 13.5. The minimum Gasteiger partial charge on any atom is -0.465 e. The molecule has 0 amide bonds. The Balaban J connectivity index is 2.02. The quantitative estimate of drug-likeness (QED) is 0.506. The number of sulfonamides is 1. The highest BCUT2D eigenvalue weighted by Crippen LogP contribution is 2.37. The van der Waals surface area contributed by atoms with Crippen LogP contribution in [0, 0.1) is 0 Å². The van der Waals surface area contributed by atoms with Gasteiger partial charge in [0.1, 0.15) is 10.9 Å². The van der Waals surface area contributed by atoms with E-state index in [0.717, 1.165) is 37.4 Å². The van der Waals surface area contributed by atoms with Crippen LogP contribution in [0.15, 0.2) is 52.3 Å². The van der Waals surface area contributed by atoms with Gasteiger partial charge in [-0.1, -0.05) is 11.6 Å². The number of nitrogens with zero attached hydrogens (tertiary/aromatic N) is 1. The molecule has 14 heteroatoms. The summed E-state index contributed by atoms with van der Waals surface area (Å²) >= 11 is 5.71. The highest BCUT2D eigenvalue weighted by molar-refractivity contribution is 7.92. The molecule has 2 atom stereocenters. The van der Waals surface area contributed by atoms with E-state index in [1.807, 2.05) is 0 Å². The van der Waals surface area contributed by atoms with Gasteiger partial charge >= 0.3 is 5.97 Å². The molecule has 1 saturated heterocycles. The third-order valence-electron chi connectivity index (χ3n) is 5.50. The fourth-order valence-electron chi connectivity index (χ4n) is 3.68. The zero-order valence-corrected chi connectivity index (χ0v) is 19.9. The molecule has 0 aromatic heterocycles. The second-order valence-electron chi connectivity index (χ2n) is 7.59. The average molecular weight is 540 g/mol. The maximum atomic E-state index is 13.5. The number of benzene rings is 2. The molecule has 0 aliphatic carbocycles. The summed E-state index contributed by atoms with van der Waals surface area (Å²) in [5, 5.41) is 18.7. The Hall–Kier alpha value is -2.16. The SMILES string of the molecule is COC(=O)c1ccc(S(=O)(=O)[C@H]2CN(S(=O)(=O)c3ccc(Cl)cc3C(F)F)C[C@@]2(O)CO)cc1. The first-order valence-electron chi connectivity index (χ1n) is 9.61. The first-order valence-corrected chi connectivity index (χ1v) is 13.0. The minimum atomic E-state index is -4.71. The molecule has 9 nitrogen and oxygen atoms in total. The van der Waals surface area contributed by atoms with Gasteiger partial charge in [-0.25, -0.2) is 30.4 Å². The van der Waals surface area contributed by atoms with Gasteiger partial charge < -0.3 is 14.9 Å². The number of rotatable bonds is 7. The summed E-state index contributed by atoms with van der Waals surface area (Å²) in [4.78, 5) is 10.4. The first kappa shape index (κ1) is 26.4. The van der Waals surface area contributed by atoms with Crippen LogP contribution in [0.1, 0.15) is 22.3 Å². The molecule has 0 radical (unpaired) electrons. The van der Waals surface area contributed by atoms with Crippen molar-refractivity contribution in [2.75, 3.05) is 26.8 Å². The van der Waals surface area contributed by atoms with Crippen molar-refractivity contribution in [1.29, 1.82) is 0 Å². The van der Waals surface area contributed by atoms with Gasteiger partial charge in [-0.15, -0.1) is 0 Å². The number of alkyl halides is 2. The topological polar surface area (TPSA) is 138 Å². The number of aliphatic hydroxyl groups excluding tert-OH is 1. The smallest absolute Gasteiger partial charge is 0.337 e. The summed E-state index contributed by atoms with van der Waals surface area (Å²) in [6.45, 7) is -2.79. The van der Waals surface area contributed by atoms with E-state index >= 15 is 0 Å². The van der Waals surface area contributed by atoms with Crippen molar-refractivity contribution >= 4 is 37.4 Å². The lowest BCUT2D eigenvalue weighted by Gasteiger charge is -2.26. The molecule has 2 N–H and O–H groups in total. The number of β-amino-alcohol motifs (C(OH)–C–C–N with tert-alkyl or cyclic N) is 1. The summed E-state index contributed by atoms with van der Waals surface area (Å²) in [5.74, 6) is -0.716. The van der Waals surface area contributed by atoms with Gasteiger partial charge in [0.2, 0.25) is 10.0 Å². The standard InChI is InChI=1S/C20H20ClF2NO8S2/c1-32-19(26)12-2-5-14(6-3-12)33(28,29)17-9-24(10-20(17,27)11-25)34(30,31)16-7-4-13(21)8-15(16)18(22)23/h2-8,17-18,25,27H,9-11H2,1H3/t17-,20+/m0/s1. The molecular formula is C20H20ClF2NO8S2. The molecule has 0 bridgehead atoms. The van der Waals surface area contributed by atoms with E-state index < -0.39 is 73.3 Å². The molecule has 1 aliphatic rings. The Kier molecular flexibility index (Phi) is 7.37. The van der Waals surface area contributed by atoms with Crippen LogP contribution in [-0.4, -0.2) is 75.0 Å². The lowest BCUT2D eigenvalue weighted by molar-refractivity contribution is 0.00159. The molecular weight excluding hydrogens is 520 g/mol. The number of esters is 1. The molecule has 2 aromatic rings. The molecule has 1 fully saturated rings. The van der Waals surface area contributed by atoms with Crippen LogP contribution in [-0.2, 0) is 24.6 Å². The normalized spacial score (nSPS) is 21.7. The van der Waals surface area contributed by atoms with Gasteiger partial charge in [-0.05, 0) is 42.5 Å². The minimum absolute atomic E-state index is 0.0526. The summed E-state index contributed by atoms with van der Waals surface area (Å²) in [5.41, 5.74) is -3.26. The monoisotopic (exact) mass is 539 g/mol. The largest absolute Gasteiger partial charge is 0.465 e. The summed E-state index contributed by atoms with van der Waals surface area (Å²) in [6.07, 6.45) is -3.20. The third kappa shape index (κ3) is 4.68. The van der Waals surface area contributed by atoms with Crippen molar-refractivity contribution in [3.63, 3.8) is 0 Å². The van der Waals surface area contributed by atoms with Crippen LogP contribution in [0.5, 0.6) is 0 Å².